The summed E-state index contributed by atoms with van der Waals surface area (Å²) in [5.41, 5.74) is -0.506. The van der Waals surface area contributed by atoms with Crippen LogP contribution in [0.2, 0.25) is 0 Å². The summed E-state index contributed by atoms with van der Waals surface area (Å²) in [6, 6.07) is 10.1. The Morgan fingerprint density at radius 3 is 2.12 bits per heavy atom. The monoisotopic (exact) mass is 482 g/mol. The Balaban J connectivity index is 1.45. The lowest BCUT2D eigenvalue weighted by Crippen LogP contribution is -2.26. The van der Waals surface area contributed by atoms with Crippen LogP contribution in [0.1, 0.15) is 31.2 Å². The Labute approximate surface area is 193 Å². The van der Waals surface area contributed by atoms with E-state index in [9.17, 15) is 21.6 Å². The second-order valence-corrected chi connectivity index (χ2v) is 9.95. The lowest BCUT2D eigenvalue weighted by molar-refractivity contribution is -0.137. The first-order valence-corrected chi connectivity index (χ1v) is 12.4. The molecular formula is C24H29F3N2O3S. The van der Waals surface area contributed by atoms with Crippen LogP contribution in [0, 0.1) is 0 Å². The van der Waals surface area contributed by atoms with Crippen LogP contribution in [0.5, 0.6) is 5.75 Å². The predicted molar refractivity (Wildman–Crippen MR) is 123 cm³/mol. The van der Waals surface area contributed by atoms with E-state index < -0.39 is 21.8 Å². The van der Waals surface area contributed by atoms with Gasteiger partial charge in [-0.05, 0) is 67.9 Å². The first-order chi connectivity index (χ1) is 15.7. The molecule has 0 atom stereocenters. The third kappa shape index (κ3) is 6.98. The fourth-order valence-corrected chi connectivity index (χ4v) is 4.75. The van der Waals surface area contributed by atoms with Crippen molar-refractivity contribution in [3.8, 4) is 5.75 Å². The van der Waals surface area contributed by atoms with Crippen molar-refractivity contribution in [2.75, 3.05) is 37.6 Å². The number of sulfonamides is 1. The number of anilines is 1. The Morgan fingerprint density at radius 1 is 0.909 bits per heavy atom. The molecule has 2 aromatic carbocycles. The molecule has 0 unspecified atom stereocenters. The van der Waals surface area contributed by atoms with Gasteiger partial charge in [-0.3, -0.25) is 9.21 Å². The minimum atomic E-state index is -4.52. The molecule has 0 radical (unpaired) electrons. The molecule has 5 nitrogen and oxygen atoms in total. The van der Waals surface area contributed by atoms with Crippen LogP contribution in [0.25, 0.3) is 0 Å². The summed E-state index contributed by atoms with van der Waals surface area (Å²) in [6.07, 6.45) is 4.24. The van der Waals surface area contributed by atoms with Crippen molar-refractivity contribution in [1.29, 1.82) is 0 Å². The minimum absolute atomic E-state index is 0.209. The maximum Gasteiger partial charge on any atom is 0.416 e. The molecule has 1 heterocycles. The normalized spacial score (nSPS) is 14.5. The molecular weight excluding hydrogens is 453 g/mol. The highest BCUT2D eigenvalue weighted by Crippen LogP contribution is 2.31. The number of rotatable bonds is 11. The number of halogens is 3. The van der Waals surface area contributed by atoms with Crippen molar-refractivity contribution in [2.24, 2.45) is 0 Å². The van der Waals surface area contributed by atoms with E-state index in [1.807, 2.05) is 0 Å². The molecule has 9 heteroatoms. The highest BCUT2D eigenvalue weighted by atomic mass is 32.2. The number of ether oxygens (including phenoxy) is 1. The van der Waals surface area contributed by atoms with Gasteiger partial charge in [-0.1, -0.05) is 25.0 Å². The molecule has 0 amide bonds. The number of nitrogens with zero attached hydrogens (tertiary/aromatic N) is 2. The summed E-state index contributed by atoms with van der Waals surface area (Å²) in [5, 5.41) is 0. The third-order valence-corrected chi connectivity index (χ3v) is 7.37. The predicted octanol–water partition coefficient (Wildman–Crippen LogP) is 5.34. The molecule has 0 N–H and O–H groups in total. The van der Waals surface area contributed by atoms with Crippen LogP contribution >= 0.6 is 0 Å². The molecule has 0 spiro atoms. The lowest BCUT2D eigenvalue weighted by Gasteiger charge is -2.20. The summed E-state index contributed by atoms with van der Waals surface area (Å²) in [6.45, 7) is 3.82. The molecule has 33 heavy (non-hydrogen) atoms. The average Bonchev–Trinajstić information content (AvgIpc) is 3.31. The number of unbranched alkanes of at least 4 members (excludes halogenated alkanes) is 3. The largest absolute Gasteiger partial charge is 0.494 e. The number of hydrogen-bond acceptors (Lipinski definition) is 4. The maximum atomic E-state index is 12.8. The van der Waals surface area contributed by atoms with E-state index in [0.717, 1.165) is 67.5 Å². The van der Waals surface area contributed by atoms with Gasteiger partial charge in [0.2, 0.25) is 0 Å². The van der Waals surface area contributed by atoms with Gasteiger partial charge in [-0.15, -0.1) is 0 Å². The van der Waals surface area contributed by atoms with E-state index in [4.69, 9.17) is 4.74 Å². The van der Waals surface area contributed by atoms with Gasteiger partial charge in [-0.2, -0.15) is 13.2 Å². The van der Waals surface area contributed by atoms with Gasteiger partial charge in [0.1, 0.15) is 5.75 Å². The Morgan fingerprint density at radius 2 is 1.52 bits per heavy atom. The summed E-state index contributed by atoms with van der Waals surface area (Å²) in [4.78, 5) is 2.20. The van der Waals surface area contributed by atoms with E-state index in [1.54, 1.807) is 24.3 Å². The van der Waals surface area contributed by atoms with Crippen molar-refractivity contribution in [3.63, 3.8) is 0 Å². The van der Waals surface area contributed by atoms with Crippen molar-refractivity contribution in [3.05, 3.63) is 66.2 Å². The number of benzene rings is 2. The molecule has 0 fully saturated rings. The van der Waals surface area contributed by atoms with Gasteiger partial charge in [0.25, 0.3) is 10.0 Å². The Bertz CT molecular complexity index is 1010. The quantitative estimate of drug-likeness (QED) is 0.320. The standard InChI is InChI=1S/C24H29F3N2O3S/c1-28(33(30,31)23-14-8-20(9-15-23)24(25,26)27)21-10-12-22(13-11-21)32-19-7-3-2-4-16-29-17-5-6-18-29/h5-6,8-15H,2-4,7,16-19H2,1H3. The number of alkyl halides is 3. The average molecular weight is 483 g/mol. The van der Waals surface area contributed by atoms with Crippen molar-refractivity contribution >= 4 is 15.7 Å². The fourth-order valence-electron chi connectivity index (χ4n) is 3.55. The zero-order chi connectivity index (χ0) is 23.9. The second-order valence-electron chi connectivity index (χ2n) is 7.98. The molecule has 0 bridgehead atoms. The summed E-state index contributed by atoms with van der Waals surface area (Å²) in [5.74, 6) is 0.641. The molecule has 3 rings (SSSR count). The van der Waals surface area contributed by atoms with E-state index in [0.29, 0.717) is 18.0 Å². The molecule has 1 aliphatic rings. The van der Waals surface area contributed by atoms with Crippen molar-refractivity contribution in [1.82, 2.24) is 4.90 Å². The maximum absolute atomic E-state index is 12.8. The van der Waals surface area contributed by atoms with Gasteiger partial charge >= 0.3 is 6.18 Å². The third-order valence-electron chi connectivity index (χ3n) is 5.57. The summed E-state index contributed by atoms with van der Waals surface area (Å²) < 4.78 is 70.5. The van der Waals surface area contributed by atoms with Gasteiger partial charge in [0.15, 0.2) is 0 Å². The van der Waals surface area contributed by atoms with Crippen molar-refractivity contribution < 1.29 is 26.3 Å². The van der Waals surface area contributed by atoms with Gasteiger partial charge < -0.3 is 4.74 Å². The first-order valence-electron chi connectivity index (χ1n) is 10.9. The smallest absolute Gasteiger partial charge is 0.416 e. The Kier molecular flexibility index (Phi) is 8.42. The highest BCUT2D eigenvalue weighted by Gasteiger charge is 2.31. The molecule has 1 aliphatic heterocycles. The molecule has 0 saturated heterocycles. The molecule has 2 aromatic rings. The van der Waals surface area contributed by atoms with Gasteiger partial charge in [0, 0.05) is 20.1 Å². The van der Waals surface area contributed by atoms with Crippen LogP contribution < -0.4 is 9.04 Å². The van der Waals surface area contributed by atoms with Crippen LogP contribution in [-0.4, -0.2) is 46.6 Å². The topological polar surface area (TPSA) is 49.9 Å². The lowest BCUT2D eigenvalue weighted by atomic mass is 10.2. The van der Waals surface area contributed by atoms with E-state index >= 15 is 0 Å². The molecule has 180 valence electrons. The molecule has 0 aromatic heterocycles. The zero-order valence-corrected chi connectivity index (χ0v) is 19.4. The van der Waals surface area contributed by atoms with Gasteiger partial charge in [-0.25, -0.2) is 8.42 Å². The van der Waals surface area contributed by atoms with E-state index in [1.165, 1.54) is 13.5 Å². The van der Waals surface area contributed by atoms with Crippen LogP contribution in [0.15, 0.2) is 65.6 Å². The van der Waals surface area contributed by atoms with Crippen LogP contribution in [-0.2, 0) is 16.2 Å². The van der Waals surface area contributed by atoms with Gasteiger partial charge in [0.05, 0.1) is 22.8 Å². The highest BCUT2D eigenvalue weighted by molar-refractivity contribution is 7.92. The first kappa shape index (κ1) is 25.1. The van der Waals surface area contributed by atoms with E-state index in [-0.39, 0.29) is 4.90 Å². The SMILES string of the molecule is CN(c1ccc(OCCCCCCN2CC=CC2)cc1)S(=O)(=O)c1ccc(C(F)(F)F)cc1. The summed E-state index contributed by atoms with van der Waals surface area (Å²) in [7, 11) is -2.62. The Hall–Kier alpha value is -2.52. The molecule has 0 saturated carbocycles. The fraction of sp³-hybridized carbons (Fsp3) is 0.417. The molecule has 0 aliphatic carbocycles. The minimum Gasteiger partial charge on any atom is -0.494 e. The number of hydrogen-bond donors (Lipinski definition) is 0. The summed E-state index contributed by atoms with van der Waals surface area (Å²) >= 11 is 0. The second kappa shape index (κ2) is 11.1. The van der Waals surface area contributed by atoms with E-state index in [2.05, 4.69) is 17.1 Å². The van der Waals surface area contributed by atoms with Crippen molar-refractivity contribution in [2.45, 2.75) is 36.8 Å². The van der Waals surface area contributed by atoms with Crippen LogP contribution in [0.3, 0.4) is 0 Å². The van der Waals surface area contributed by atoms with Crippen LogP contribution in [0.4, 0.5) is 18.9 Å². The zero-order valence-electron chi connectivity index (χ0n) is 18.6.